The molecule has 1 fully saturated rings. The lowest BCUT2D eigenvalue weighted by Crippen LogP contribution is -2.63. The van der Waals surface area contributed by atoms with Crippen molar-refractivity contribution >= 4 is 34.9 Å². The summed E-state index contributed by atoms with van der Waals surface area (Å²) in [5.41, 5.74) is 2.60. The molecule has 2 heterocycles. The molecule has 28 heavy (non-hydrogen) atoms. The molecule has 3 N–H and O–H groups in total. The highest BCUT2D eigenvalue weighted by Crippen LogP contribution is 2.35. The van der Waals surface area contributed by atoms with E-state index in [-0.39, 0.29) is 11.9 Å². The molecule has 3 amide bonds. The van der Waals surface area contributed by atoms with Crippen molar-refractivity contribution in [3.63, 3.8) is 0 Å². The van der Waals surface area contributed by atoms with E-state index < -0.39 is 5.66 Å². The molecule has 1 spiro atoms. The Morgan fingerprint density at radius 2 is 1.89 bits per heavy atom. The maximum Gasteiger partial charge on any atom is 0.321 e. The highest BCUT2D eigenvalue weighted by molar-refractivity contribution is 6.34. The van der Waals surface area contributed by atoms with E-state index in [9.17, 15) is 9.59 Å². The number of fused-ring (bicyclic) bond motifs is 1. The minimum Gasteiger partial charge on any atom is -0.361 e. The number of hydrogen-bond donors (Lipinski definition) is 3. The molecule has 4 rings (SSSR count). The van der Waals surface area contributed by atoms with Gasteiger partial charge in [0.25, 0.3) is 5.91 Å². The molecule has 6 nitrogen and oxygen atoms in total. The zero-order valence-electron chi connectivity index (χ0n) is 15.7. The van der Waals surface area contributed by atoms with Gasteiger partial charge in [0.05, 0.1) is 16.3 Å². The summed E-state index contributed by atoms with van der Waals surface area (Å²) in [7, 11) is 0. The molecule has 1 saturated heterocycles. The second kappa shape index (κ2) is 7.36. The van der Waals surface area contributed by atoms with Crippen molar-refractivity contribution < 1.29 is 9.59 Å². The van der Waals surface area contributed by atoms with Gasteiger partial charge in [-0.05, 0) is 30.2 Å². The Kier molecular flexibility index (Phi) is 4.89. The Labute approximate surface area is 169 Å². The van der Waals surface area contributed by atoms with Gasteiger partial charge in [0.15, 0.2) is 0 Å². The number of carbonyl (C=O) groups is 2. The number of halogens is 1. The number of amides is 3. The van der Waals surface area contributed by atoms with Crippen molar-refractivity contribution in [3.05, 3.63) is 58.6 Å². The molecule has 0 saturated carbocycles. The average molecular weight is 399 g/mol. The lowest BCUT2D eigenvalue weighted by molar-refractivity contribution is 0.0852. The van der Waals surface area contributed by atoms with Gasteiger partial charge in [0.2, 0.25) is 0 Å². The summed E-state index contributed by atoms with van der Waals surface area (Å²) in [6, 6.07) is 13.0. The maximum absolute atomic E-state index is 12.7. The molecule has 2 aliphatic heterocycles. The quantitative estimate of drug-likeness (QED) is 0.713. The van der Waals surface area contributed by atoms with E-state index in [0.29, 0.717) is 42.2 Å². The number of aryl methyl sites for hydroxylation is 1. The summed E-state index contributed by atoms with van der Waals surface area (Å²) < 4.78 is 0. The number of likely N-dealkylation sites (tertiary alicyclic amines) is 1. The van der Waals surface area contributed by atoms with Crippen LogP contribution in [-0.4, -0.2) is 35.6 Å². The van der Waals surface area contributed by atoms with Gasteiger partial charge in [-0.25, -0.2) is 4.79 Å². The molecule has 0 unspecified atom stereocenters. The zero-order valence-corrected chi connectivity index (χ0v) is 16.5. The van der Waals surface area contributed by atoms with Crippen molar-refractivity contribution in [2.75, 3.05) is 23.7 Å². The second-order valence-electron chi connectivity index (χ2n) is 7.25. The van der Waals surface area contributed by atoms with Crippen molar-refractivity contribution in [2.45, 2.75) is 31.8 Å². The third-order valence-corrected chi connectivity index (χ3v) is 5.83. The van der Waals surface area contributed by atoms with E-state index >= 15 is 0 Å². The van der Waals surface area contributed by atoms with Crippen LogP contribution in [0, 0.1) is 0 Å². The Morgan fingerprint density at radius 3 is 2.64 bits per heavy atom. The van der Waals surface area contributed by atoms with Gasteiger partial charge in [-0.1, -0.05) is 42.8 Å². The topological polar surface area (TPSA) is 73.5 Å². The Bertz CT molecular complexity index is 922. The number of piperidine rings is 1. The van der Waals surface area contributed by atoms with Gasteiger partial charge in [0.1, 0.15) is 5.66 Å². The molecule has 0 aromatic heterocycles. The number of rotatable bonds is 2. The van der Waals surface area contributed by atoms with Crippen LogP contribution in [0.2, 0.25) is 5.02 Å². The van der Waals surface area contributed by atoms with E-state index in [0.717, 1.165) is 17.7 Å². The summed E-state index contributed by atoms with van der Waals surface area (Å²) in [5, 5.41) is 10.0. The minimum absolute atomic E-state index is 0.115. The SMILES string of the molecule is CCc1ccccc1NC(=O)N1CCC2(CC1)NC(=O)c1cccc(Cl)c1N2. The first-order valence-electron chi connectivity index (χ1n) is 9.54. The first-order chi connectivity index (χ1) is 13.5. The predicted molar refractivity (Wildman–Crippen MR) is 111 cm³/mol. The number of benzene rings is 2. The van der Waals surface area contributed by atoms with Gasteiger partial charge in [-0.2, -0.15) is 0 Å². The molecule has 146 valence electrons. The lowest BCUT2D eigenvalue weighted by atomic mass is 9.92. The number of carbonyl (C=O) groups excluding carboxylic acids is 2. The standard InChI is InChI=1S/C21H23ClN4O2/c1-2-14-6-3-4-9-17(14)23-20(28)26-12-10-21(11-13-26)24-18-15(19(27)25-21)7-5-8-16(18)22/h3-9,24H,2,10-13H2,1H3,(H,23,28)(H,25,27). The number of para-hydroxylation sites is 2. The van der Waals surface area contributed by atoms with Gasteiger partial charge in [0, 0.05) is 31.6 Å². The molecular weight excluding hydrogens is 376 g/mol. The Hall–Kier alpha value is -2.73. The number of urea groups is 1. The van der Waals surface area contributed by atoms with Crippen LogP contribution in [0.25, 0.3) is 0 Å². The fraction of sp³-hybridized carbons (Fsp3) is 0.333. The van der Waals surface area contributed by atoms with E-state index in [1.807, 2.05) is 24.3 Å². The number of nitrogens with zero attached hydrogens (tertiary/aromatic N) is 1. The van der Waals surface area contributed by atoms with Crippen LogP contribution >= 0.6 is 11.6 Å². The third-order valence-electron chi connectivity index (χ3n) is 5.52. The fourth-order valence-corrected chi connectivity index (χ4v) is 4.10. The van der Waals surface area contributed by atoms with Crippen molar-refractivity contribution in [2.24, 2.45) is 0 Å². The minimum atomic E-state index is -0.576. The van der Waals surface area contributed by atoms with Crippen LogP contribution in [0.1, 0.15) is 35.7 Å². The molecular formula is C21H23ClN4O2. The van der Waals surface area contributed by atoms with E-state index in [4.69, 9.17) is 11.6 Å². The highest BCUT2D eigenvalue weighted by Gasteiger charge is 2.41. The smallest absolute Gasteiger partial charge is 0.321 e. The second-order valence-corrected chi connectivity index (χ2v) is 7.66. The van der Waals surface area contributed by atoms with Crippen molar-refractivity contribution in [1.29, 1.82) is 0 Å². The summed E-state index contributed by atoms with van der Waals surface area (Å²) in [4.78, 5) is 27.0. The molecule has 0 bridgehead atoms. The molecule has 0 aliphatic carbocycles. The van der Waals surface area contributed by atoms with Crippen LogP contribution in [0.5, 0.6) is 0 Å². The summed E-state index contributed by atoms with van der Waals surface area (Å²) in [5.74, 6) is -0.133. The number of hydrogen-bond acceptors (Lipinski definition) is 3. The Morgan fingerprint density at radius 1 is 1.14 bits per heavy atom. The van der Waals surface area contributed by atoms with Gasteiger partial charge in [-0.15, -0.1) is 0 Å². The fourth-order valence-electron chi connectivity index (χ4n) is 3.88. The van der Waals surface area contributed by atoms with Gasteiger partial charge >= 0.3 is 6.03 Å². The van der Waals surface area contributed by atoms with Gasteiger partial charge in [-0.3, -0.25) is 4.79 Å². The Balaban J connectivity index is 1.44. The first-order valence-corrected chi connectivity index (χ1v) is 9.92. The van der Waals surface area contributed by atoms with Crippen LogP contribution in [0.15, 0.2) is 42.5 Å². The average Bonchev–Trinajstić information content (AvgIpc) is 2.70. The monoisotopic (exact) mass is 398 g/mol. The number of nitrogens with one attached hydrogen (secondary N) is 3. The first kappa shape index (κ1) is 18.6. The van der Waals surface area contributed by atoms with E-state index in [2.05, 4.69) is 22.9 Å². The van der Waals surface area contributed by atoms with Gasteiger partial charge < -0.3 is 20.9 Å². The molecule has 7 heteroatoms. The molecule has 2 aliphatic rings. The lowest BCUT2D eigenvalue weighted by Gasteiger charge is -2.46. The summed E-state index contributed by atoms with van der Waals surface area (Å²) >= 11 is 6.29. The van der Waals surface area contributed by atoms with Crippen LogP contribution in [-0.2, 0) is 6.42 Å². The number of anilines is 2. The normalized spacial score (nSPS) is 17.5. The zero-order chi connectivity index (χ0) is 19.7. The van der Waals surface area contributed by atoms with Crippen molar-refractivity contribution in [1.82, 2.24) is 10.2 Å². The van der Waals surface area contributed by atoms with E-state index in [1.165, 1.54) is 0 Å². The molecule has 0 atom stereocenters. The van der Waals surface area contributed by atoms with Crippen LogP contribution < -0.4 is 16.0 Å². The van der Waals surface area contributed by atoms with Crippen LogP contribution in [0.4, 0.5) is 16.2 Å². The van der Waals surface area contributed by atoms with Crippen molar-refractivity contribution in [3.8, 4) is 0 Å². The molecule has 2 aromatic carbocycles. The largest absolute Gasteiger partial charge is 0.361 e. The van der Waals surface area contributed by atoms with E-state index in [1.54, 1.807) is 23.1 Å². The summed E-state index contributed by atoms with van der Waals surface area (Å²) in [6.07, 6.45) is 2.06. The maximum atomic E-state index is 12.7. The highest BCUT2D eigenvalue weighted by atomic mass is 35.5. The molecule has 2 aromatic rings. The predicted octanol–water partition coefficient (Wildman–Crippen LogP) is 4.08. The third kappa shape index (κ3) is 3.40. The van der Waals surface area contributed by atoms with Crippen LogP contribution in [0.3, 0.4) is 0 Å². The summed E-state index contributed by atoms with van der Waals surface area (Å²) in [6.45, 7) is 3.14. The molecule has 0 radical (unpaired) electrons.